The minimum atomic E-state index is 0.876. The molecule has 0 saturated carbocycles. The molecule has 2 heteroatoms. The van der Waals surface area contributed by atoms with Crippen LogP contribution in [0.15, 0.2) is 122 Å². The molecule has 1 heterocycles. The van der Waals surface area contributed by atoms with Gasteiger partial charge in [-0.1, -0.05) is 91.0 Å². The lowest BCUT2D eigenvalue weighted by atomic mass is 9.95. The Morgan fingerprint density at radius 1 is 0.412 bits per heavy atom. The highest BCUT2D eigenvalue weighted by Gasteiger charge is 2.21. The molecule has 6 aromatic rings. The maximum atomic E-state index is 4.91. The third-order valence-electron chi connectivity index (χ3n) is 6.68. The molecule has 0 fully saturated rings. The fraction of sp³-hybridized carbons (Fsp3) is 0. The van der Waals surface area contributed by atoms with Crippen molar-refractivity contribution >= 4 is 10.8 Å². The van der Waals surface area contributed by atoms with Crippen LogP contribution in [0.25, 0.3) is 66.7 Å². The van der Waals surface area contributed by atoms with Crippen LogP contribution in [0.3, 0.4) is 0 Å². The van der Waals surface area contributed by atoms with Crippen LogP contribution in [-0.4, -0.2) is 9.97 Å². The normalized spacial score (nSPS) is 11.5. The second-order valence-corrected chi connectivity index (χ2v) is 8.71. The van der Waals surface area contributed by atoms with Gasteiger partial charge in [0.25, 0.3) is 0 Å². The number of rotatable bonds is 3. The largest absolute Gasteiger partial charge is 0.260 e. The molecule has 0 atom stereocenters. The van der Waals surface area contributed by atoms with Crippen LogP contribution < -0.4 is 0 Å². The van der Waals surface area contributed by atoms with Gasteiger partial charge in [0.2, 0.25) is 0 Å². The summed E-state index contributed by atoms with van der Waals surface area (Å²) in [5.74, 6) is 0. The fourth-order valence-corrected chi connectivity index (χ4v) is 5.10. The minimum absolute atomic E-state index is 0.876. The number of hydrogen-bond donors (Lipinski definition) is 0. The predicted octanol–water partition coefficient (Wildman–Crippen LogP) is 8.28. The number of benzene rings is 5. The molecule has 0 bridgehead atoms. The molecule has 0 saturated heterocycles. The summed E-state index contributed by atoms with van der Waals surface area (Å²) >= 11 is 0. The van der Waals surface area contributed by atoms with E-state index in [1.807, 2.05) is 30.6 Å². The molecule has 1 aliphatic rings. The van der Waals surface area contributed by atoms with Crippen LogP contribution >= 0.6 is 0 Å². The zero-order chi connectivity index (χ0) is 22.5. The molecule has 1 aromatic heterocycles. The number of aromatic nitrogens is 2. The summed E-state index contributed by atoms with van der Waals surface area (Å²) in [6.45, 7) is 0. The second-order valence-electron chi connectivity index (χ2n) is 8.71. The van der Waals surface area contributed by atoms with Crippen LogP contribution in [0.4, 0.5) is 0 Å². The van der Waals surface area contributed by atoms with Gasteiger partial charge in [-0.3, -0.25) is 4.98 Å². The zero-order valence-electron chi connectivity index (χ0n) is 18.4. The highest BCUT2D eigenvalue weighted by Crippen LogP contribution is 2.48. The van der Waals surface area contributed by atoms with Crippen molar-refractivity contribution in [3.05, 3.63) is 122 Å². The van der Waals surface area contributed by atoms with E-state index >= 15 is 0 Å². The molecule has 2 nitrogen and oxygen atoms in total. The van der Waals surface area contributed by atoms with Crippen molar-refractivity contribution in [3.63, 3.8) is 0 Å². The van der Waals surface area contributed by atoms with Gasteiger partial charge in [0, 0.05) is 11.1 Å². The number of fused-ring (bicyclic) bond motifs is 3. The highest BCUT2D eigenvalue weighted by atomic mass is 14.8. The summed E-state index contributed by atoms with van der Waals surface area (Å²) in [5, 5.41) is 2.63. The van der Waals surface area contributed by atoms with Crippen molar-refractivity contribution in [1.29, 1.82) is 0 Å². The van der Waals surface area contributed by atoms with E-state index in [1.165, 1.54) is 44.2 Å². The smallest absolute Gasteiger partial charge is 0.0892 e. The molecule has 1 aliphatic carbocycles. The quantitative estimate of drug-likeness (QED) is 0.281. The Hall–Kier alpha value is -4.56. The van der Waals surface area contributed by atoms with Gasteiger partial charge >= 0.3 is 0 Å². The number of hydrogen-bond acceptors (Lipinski definition) is 2. The molecule has 0 aliphatic heterocycles. The van der Waals surface area contributed by atoms with E-state index in [0.29, 0.717) is 0 Å². The van der Waals surface area contributed by atoms with Crippen molar-refractivity contribution in [2.45, 2.75) is 0 Å². The Morgan fingerprint density at radius 3 is 1.91 bits per heavy atom. The van der Waals surface area contributed by atoms with Crippen molar-refractivity contribution in [3.8, 4) is 55.9 Å². The average molecular weight is 433 g/mol. The summed E-state index contributed by atoms with van der Waals surface area (Å²) in [5.41, 5.74) is 11.6. The topological polar surface area (TPSA) is 25.8 Å². The van der Waals surface area contributed by atoms with E-state index in [2.05, 4.69) is 96.0 Å². The SMILES string of the molecule is c1ccc(-c2cncc(-c3cccc(-c4cc5c6c(cccc6c4)-c4ccccc4-5)c3)n2)cc1. The molecule has 0 N–H and O–H groups in total. The molecule has 158 valence electrons. The Balaban J connectivity index is 1.36. The summed E-state index contributed by atoms with van der Waals surface area (Å²) in [6.07, 6.45) is 3.66. The zero-order valence-corrected chi connectivity index (χ0v) is 18.4. The maximum Gasteiger partial charge on any atom is 0.0892 e. The Kier molecular flexibility index (Phi) is 4.18. The third-order valence-corrected chi connectivity index (χ3v) is 6.68. The summed E-state index contributed by atoms with van der Waals surface area (Å²) in [6, 6.07) is 38.8. The first kappa shape index (κ1) is 19.0. The van der Waals surface area contributed by atoms with Gasteiger partial charge in [-0.05, 0) is 62.4 Å². The summed E-state index contributed by atoms with van der Waals surface area (Å²) in [4.78, 5) is 9.38. The van der Waals surface area contributed by atoms with E-state index < -0.39 is 0 Å². The minimum Gasteiger partial charge on any atom is -0.260 e. The first-order valence-electron chi connectivity index (χ1n) is 11.5. The summed E-state index contributed by atoms with van der Waals surface area (Å²) in [7, 11) is 0. The van der Waals surface area contributed by atoms with Crippen LogP contribution in [0.1, 0.15) is 0 Å². The average Bonchev–Trinajstić information content (AvgIpc) is 3.24. The van der Waals surface area contributed by atoms with E-state index in [-0.39, 0.29) is 0 Å². The van der Waals surface area contributed by atoms with Crippen molar-refractivity contribution in [1.82, 2.24) is 9.97 Å². The lowest BCUT2D eigenvalue weighted by molar-refractivity contribution is 1.21. The molecular formula is C32H20N2. The first-order valence-corrected chi connectivity index (χ1v) is 11.5. The first-order chi connectivity index (χ1) is 16.8. The Labute approximate surface area is 198 Å². The molecule has 5 aromatic carbocycles. The van der Waals surface area contributed by atoms with Gasteiger partial charge in [0.15, 0.2) is 0 Å². The number of nitrogens with zero attached hydrogens (tertiary/aromatic N) is 2. The lowest BCUT2D eigenvalue weighted by Crippen LogP contribution is -1.90. The van der Waals surface area contributed by atoms with Gasteiger partial charge < -0.3 is 0 Å². The van der Waals surface area contributed by atoms with E-state index in [1.54, 1.807) is 0 Å². The van der Waals surface area contributed by atoms with Crippen LogP contribution in [0, 0.1) is 0 Å². The van der Waals surface area contributed by atoms with Crippen LogP contribution in [-0.2, 0) is 0 Å². The third kappa shape index (κ3) is 2.96. The summed E-state index contributed by atoms with van der Waals surface area (Å²) < 4.78 is 0. The van der Waals surface area contributed by atoms with Gasteiger partial charge in [0.05, 0.1) is 23.8 Å². The van der Waals surface area contributed by atoms with Gasteiger partial charge in [-0.25, -0.2) is 4.98 Å². The molecular weight excluding hydrogens is 412 g/mol. The van der Waals surface area contributed by atoms with Crippen LogP contribution in [0.2, 0.25) is 0 Å². The van der Waals surface area contributed by atoms with Crippen molar-refractivity contribution < 1.29 is 0 Å². The molecule has 0 radical (unpaired) electrons. The van der Waals surface area contributed by atoms with E-state index in [0.717, 1.165) is 22.5 Å². The van der Waals surface area contributed by atoms with E-state index in [4.69, 9.17) is 4.98 Å². The standard InChI is InChI=1S/C32H20N2/c1-2-8-21(9-3-1)30-19-33-20-31(34-30)23-11-6-10-22(16-23)25-17-24-12-7-15-28-26-13-4-5-14-27(26)29(18-25)32(24)28/h1-20H. The predicted molar refractivity (Wildman–Crippen MR) is 140 cm³/mol. The molecule has 34 heavy (non-hydrogen) atoms. The van der Waals surface area contributed by atoms with Crippen molar-refractivity contribution in [2.75, 3.05) is 0 Å². The monoisotopic (exact) mass is 432 g/mol. The van der Waals surface area contributed by atoms with Crippen LogP contribution in [0.5, 0.6) is 0 Å². The van der Waals surface area contributed by atoms with Gasteiger partial charge in [0.1, 0.15) is 0 Å². The van der Waals surface area contributed by atoms with Gasteiger partial charge in [-0.15, -0.1) is 0 Å². The highest BCUT2D eigenvalue weighted by molar-refractivity contribution is 6.16. The molecule has 0 spiro atoms. The molecule has 7 rings (SSSR count). The lowest BCUT2D eigenvalue weighted by Gasteiger charge is -2.10. The fourth-order valence-electron chi connectivity index (χ4n) is 5.10. The maximum absolute atomic E-state index is 4.91. The Bertz CT molecular complexity index is 1700. The molecule has 0 amide bonds. The van der Waals surface area contributed by atoms with Crippen molar-refractivity contribution in [2.24, 2.45) is 0 Å². The second kappa shape index (κ2) is 7.50. The van der Waals surface area contributed by atoms with E-state index in [9.17, 15) is 0 Å². The molecule has 0 unspecified atom stereocenters. The van der Waals surface area contributed by atoms with Gasteiger partial charge in [-0.2, -0.15) is 0 Å². The Morgan fingerprint density at radius 2 is 1.06 bits per heavy atom.